The van der Waals surface area contributed by atoms with Crippen LogP contribution in [0.5, 0.6) is 0 Å². The SMILES string of the molecule is CN(C)CC(=O)OC[C@H](NC(=O)[C@@](C)(Cc1c[nH]c2ccccc12)NC(=O)OCc1coc2ccccc12)c1ccccc1. The summed E-state index contributed by atoms with van der Waals surface area (Å²) in [5.41, 5.74) is 2.46. The number of esters is 1. The summed E-state index contributed by atoms with van der Waals surface area (Å²) in [5, 5.41) is 7.62. The molecule has 2 atom stereocenters. The maximum Gasteiger partial charge on any atom is 0.408 e. The molecule has 2 heterocycles. The third-order valence-corrected chi connectivity index (χ3v) is 7.38. The van der Waals surface area contributed by atoms with Gasteiger partial charge in [0.05, 0.1) is 18.8 Å². The van der Waals surface area contributed by atoms with Crippen molar-refractivity contribution in [2.45, 2.75) is 31.5 Å². The molecule has 2 aromatic heterocycles. The van der Waals surface area contributed by atoms with Crippen LogP contribution in [0.25, 0.3) is 21.9 Å². The first-order valence-electron chi connectivity index (χ1n) is 14.3. The zero-order chi connectivity index (χ0) is 31.1. The van der Waals surface area contributed by atoms with E-state index < -0.39 is 29.6 Å². The van der Waals surface area contributed by atoms with Crippen LogP contribution in [0, 0.1) is 0 Å². The molecule has 0 aliphatic rings. The molecule has 5 aromatic rings. The van der Waals surface area contributed by atoms with Crippen molar-refractivity contribution >= 4 is 39.8 Å². The van der Waals surface area contributed by atoms with Crippen molar-refractivity contribution < 1.29 is 28.3 Å². The summed E-state index contributed by atoms with van der Waals surface area (Å²) in [7, 11) is 3.54. The molecule has 10 heteroatoms. The number of carbonyl (C=O) groups is 3. The number of fused-ring (bicyclic) bond motifs is 2. The van der Waals surface area contributed by atoms with Crippen LogP contribution in [-0.2, 0) is 32.1 Å². The zero-order valence-electron chi connectivity index (χ0n) is 25.0. The zero-order valence-corrected chi connectivity index (χ0v) is 25.0. The van der Waals surface area contributed by atoms with Crippen LogP contribution >= 0.6 is 0 Å². The lowest BCUT2D eigenvalue weighted by molar-refractivity contribution is -0.146. The van der Waals surface area contributed by atoms with Gasteiger partial charge < -0.3 is 29.5 Å². The molecule has 0 unspecified atom stereocenters. The Bertz CT molecular complexity index is 1740. The molecule has 2 amide bonds. The number of carbonyl (C=O) groups excluding carboxylic acids is 3. The largest absolute Gasteiger partial charge is 0.464 e. The van der Waals surface area contributed by atoms with Gasteiger partial charge in [-0.25, -0.2) is 4.79 Å². The molecule has 0 radical (unpaired) electrons. The average molecular weight is 597 g/mol. The Labute approximate surface area is 255 Å². The van der Waals surface area contributed by atoms with Crippen molar-refractivity contribution in [3.8, 4) is 0 Å². The van der Waals surface area contributed by atoms with Crippen LogP contribution in [-0.4, -0.2) is 60.6 Å². The summed E-state index contributed by atoms with van der Waals surface area (Å²) in [6.45, 7) is 1.64. The molecule has 0 saturated heterocycles. The van der Waals surface area contributed by atoms with Crippen molar-refractivity contribution in [2.75, 3.05) is 27.2 Å². The lowest BCUT2D eigenvalue weighted by Crippen LogP contribution is -2.59. The van der Waals surface area contributed by atoms with Crippen molar-refractivity contribution in [2.24, 2.45) is 0 Å². The van der Waals surface area contributed by atoms with E-state index in [1.54, 1.807) is 32.2 Å². The number of aromatic nitrogens is 1. The Kier molecular flexibility index (Phi) is 9.30. The molecule has 44 heavy (non-hydrogen) atoms. The van der Waals surface area contributed by atoms with Gasteiger partial charge in [-0.1, -0.05) is 66.7 Å². The number of hydrogen-bond donors (Lipinski definition) is 3. The third kappa shape index (κ3) is 7.27. The van der Waals surface area contributed by atoms with E-state index in [9.17, 15) is 14.4 Å². The fourth-order valence-corrected chi connectivity index (χ4v) is 5.09. The van der Waals surface area contributed by atoms with Crippen LogP contribution in [0.1, 0.15) is 29.7 Å². The average Bonchev–Trinajstić information content (AvgIpc) is 3.62. The molecule has 0 aliphatic heterocycles. The second-order valence-corrected chi connectivity index (χ2v) is 11.2. The molecule has 3 N–H and O–H groups in total. The molecule has 228 valence electrons. The Morgan fingerprint density at radius 3 is 2.39 bits per heavy atom. The van der Waals surface area contributed by atoms with E-state index in [4.69, 9.17) is 13.9 Å². The van der Waals surface area contributed by atoms with Crippen molar-refractivity contribution in [3.05, 3.63) is 108 Å². The van der Waals surface area contributed by atoms with Gasteiger partial charge in [0.2, 0.25) is 5.91 Å². The number of ether oxygens (including phenoxy) is 2. The van der Waals surface area contributed by atoms with E-state index in [0.29, 0.717) is 11.1 Å². The molecule has 0 spiro atoms. The number of H-pyrrole nitrogens is 1. The summed E-state index contributed by atoms with van der Waals surface area (Å²) in [6.07, 6.45) is 2.78. The number of hydrogen-bond acceptors (Lipinski definition) is 7. The van der Waals surface area contributed by atoms with Crippen molar-refractivity contribution in [1.82, 2.24) is 20.5 Å². The summed E-state index contributed by atoms with van der Waals surface area (Å²) >= 11 is 0. The minimum Gasteiger partial charge on any atom is -0.464 e. The lowest BCUT2D eigenvalue weighted by atomic mass is 9.91. The maximum atomic E-state index is 14.1. The highest BCUT2D eigenvalue weighted by Gasteiger charge is 2.38. The monoisotopic (exact) mass is 596 g/mol. The number of furan rings is 1. The normalized spacial score (nSPS) is 13.4. The molecule has 5 rings (SSSR count). The van der Waals surface area contributed by atoms with Gasteiger partial charge in [0.25, 0.3) is 0 Å². The second-order valence-electron chi connectivity index (χ2n) is 11.2. The van der Waals surface area contributed by atoms with Gasteiger partial charge in [0, 0.05) is 34.5 Å². The molecular formula is C34H36N4O6. The highest BCUT2D eigenvalue weighted by molar-refractivity contribution is 5.92. The highest BCUT2D eigenvalue weighted by Crippen LogP contribution is 2.25. The predicted octanol–water partition coefficient (Wildman–Crippen LogP) is 5.10. The van der Waals surface area contributed by atoms with Gasteiger partial charge >= 0.3 is 12.1 Å². The van der Waals surface area contributed by atoms with Crippen molar-refractivity contribution in [3.63, 3.8) is 0 Å². The highest BCUT2D eigenvalue weighted by atomic mass is 16.5. The van der Waals surface area contributed by atoms with Crippen LogP contribution < -0.4 is 10.6 Å². The summed E-state index contributed by atoms with van der Waals surface area (Å²) < 4.78 is 16.7. The standard InChI is InChI=1S/C34H36N4O6/c1-34(17-24-18-35-28-15-9-7-13-26(24)28,37-33(41)44-21-25-20-42-30-16-10-8-14-27(25)30)32(40)36-29(23-11-5-4-6-12-23)22-43-31(39)19-38(2)3/h4-16,18,20,29,35H,17,19,21-22H2,1-3H3,(H,36,40)(H,37,41)/t29-,34+/m0/s1. The fourth-order valence-electron chi connectivity index (χ4n) is 5.09. The summed E-state index contributed by atoms with van der Waals surface area (Å²) in [4.78, 5) is 44.6. The smallest absolute Gasteiger partial charge is 0.408 e. The van der Waals surface area contributed by atoms with Crippen LogP contribution in [0.2, 0.25) is 0 Å². The Balaban J connectivity index is 1.37. The van der Waals surface area contributed by atoms with E-state index in [0.717, 1.165) is 27.4 Å². The number of nitrogens with one attached hydrogen (secondary N) is 3. The molecule has 0 bridgehead atoms. The lowest BCUT2D eigenvalue weighted by Gasteiger charge is -2.31. The second kappa shape index (κ2) is 13.5. The number of nitrogens with zero attached hydrogens (tertiary/aromatic N) is 1. The topological polar surface area (TPSA) is 126 Å². The van der Waals surface area contributed by atoms with Crippen LogP contribution in [0.4, 0.5) is 4.79 Å². The molecule has 0 saturated carbocycles. The van der Waals surface area contributed by atoms with Gasteiger partial charge in [0.1, 0.15) is 24.3 Å². The van der Waals surface area contributed by atoms with Crippen LogP contribution in [0.15, 0.2) is 95.7 Å². The number of likely N-dealkylation sites (N-methyl/N-ethyl adjacent to an activating group) is 1. The fraction of sp³-hybridized carbons (Fsp3) is 0.265. The molecule has 10 nitrogen and oxygen atoms in total. The Morgan fingerprint density at radius 2 is 1.61 bits per heavy atom. The minimum absolute atomic E-state index is 0.0396. The first kappa shape index (κ1) is 30.4. The minimum atomic E-state index is -1.44. The molecule has 3 aromatic carbocycles. The van der Waals surface area contributed by atoms with Crippen LogP contribution in [0.3, 0.4) is 0 Å². The van der Waals surface area contributed by atoms with Gasteiger partial charge in [0.15, 0.2) is 0 Å². The Hall–Kier alpha value is -5.09. The van der Waals surface area contributed by atoms with Gasteiger partial charge in [-0.3, -0.25) is 14.5 Å². The van der Waals surface area contributed by atoms with E-state index in [1.165, 1.54) is 0 Å². The molecular weight excluding hydrogens is 560 g/mol. The number of benzene rings is 3. The number of amides is 2. The number of para-hydroxylation sites is 2. The van der Waals surface area contributed by atoms with Gasteiger partial charge in [-0.2, -0.15) is 0 Å². The van der Waals surface area contributed by atoms with Gasteiger partial charge in [-0.05, 0) is 44.3 Å². The summed E-state index contributed by atoms with van der Waals surface area (Å²) in [6, 6.07) is 23.8. The third-order valence-electron chi connectivity index (χ3n) is 7.38. The van der Waals surface area contributed by atoms with E-state index >= 15 is 0 Å². The quantitative estimate of drug-likeness (QED) is 0.171. The number of alkyl carbamates (subject to hydrolysis) is 1. The van der Waals surface area contributed by atoms with E-state index in [2.05, 4.69) is 15.6 Å². The van der Waals surface area contributed by atoms with Gasteiger partial charge in [-0.15, -0.1) is 0 Å². The molecule has 0 aliphatic carbocycles. The van der Waals surface area contributed by atoms with E-state index in [-0.39, 0.29) is 26.2 Å². The molecule has 0 fully saturated rings. The predicted molar refractivity (Wildman–Crippen MR) is 167 cm³/mol. The van der Waals surface area contributed by atoms with E-state index in [1.807, 2.05) is 85.1 Å². The first-order valence-corrected chi connectivity index (χ1v) is 14.3. The number of aromatic amines is 1. The summed E-state index contributed by atoms with van der Waals surface area (Å²) in [5.74, 6) is -0.883. The Morgan fingerprint density at radius 1 is 0.909 bits per heavy atom. The van der Waals surface area contributed by atoms with Crippen molar-refractivity contribution in [1.29, 1.82) is 0 Å². The first-order chi connectivity index (χ1) is 21.2. The maximum absolute atomic E-state index is 14.1. The number of rotatable bonds is 12.